The Kier molecular flexibility index (Phi) is 5.14. The predicted molar refractivity (Wildman–Crippen MR) is 117 cm³/mol. The number of hydrogen-bond acceptors (Lipinski definition) is 4. The minimum atomic E-state index is -0.399. The van der Waals surface area contributed by atoms with E-state index in [0.717, 1.165) is 48.3 Å². The summed E-state index contributed by atoms with van der Waals surface area (Å²) in [7, 11) is 0. The Morgan fingerprint density at radius 1 is 0.548 bits per heavy atom. The first-order chi connectivity index (χ1) is 15.0. The van der Waals surface area contributed by atoms with Crippen molar-refractivity contribution in [2.24, 2.45) is 46.3 Å². The van der Waals surface area contributed by atoms with Crippen LogP contribution >= 0.6 is 0 Å². The van der Waals surface area contributed by atoms with Crippen LogP contribution in [0.2, 0.25) is 0 Å². The SMILES string of the molecule is O=C(CC(=O)OCCC12CC3CC(CC(C3)C1)C2)OCCC12CC3CC(CC(C3)C1)C2. The maximum Gasteiger partial charge on any atom is 0.317 e. The third-order valence-electron chi connectivity index (χ3n) is 10.4. The minimum absolute atomic E-state index is 0.220. The van der Waals surface area contributed by atoms with Crippen LogP contribution in [0.25, 0.3) is 0 Å². The van der Waals surface area contributed by atoms with E-state index in [9.17, 15) is 9.59 Å². The van der Waals surface area contributed by atoms with Crippen molar-refractivity contribution < 1.29 is 19.1 Å². The molecule has 0 amide bonds. The van der Waals surface area contributed by atoms with Gasteiger partial charge in [-0.25, -0.2) is 0 Å². The zero-order valence-corrected chi connectivity index (χ0v) is 19.1. The molecule has 0 aromatic heterocycles. The average Bonchev–Trinajstić information content (AvgIpc) is 2.65. The highest BCUT2D eigenvalue weighted by molar-refractivity contribution is 5.91. The van der Waals surface area contributed by atoms with Crippen molar-refractivity contribution >= 4 is 11.9 Å². The molecule has 0 radical (unpaired) electrons. The molecule has 8 aliphatic carbocycles. The summed E-state index contributed by atoms with van der Waals surface area (Å²) in [5, 5.41) is 0. The van der Waals surface area contributed by atoms with Gasteiger partial charge in [0, 0.05) is 0 Å². The van der Waals surface area contributed by atoms with Crippen molar-refractivity contribution in [1.29, 1.82) is 0 Å². The summed E-state index contributed by atoms with van der Waals surface area (Å²) in [5.74, 6) is 4.74. The Bertz CT molecular complexity index is 594. The molecule has 0 aliphatic heterocycles. The van der Waals surface area contributed by atoms with Gasteiger partial charge in [-0.05, 0) is 136 Å². The van der Waals surface area contributed by atoms with Gasteiger partial charge in [-0.3, -0.25) is 9.59 Å². The monoisotopic (exact) mass is 428 g/mol. The van der Waals surface area contributed by atoms with Crippen LogP contribution in [0.3, 0.4) is 0 Å². The topological polar surface area (TPSA) is 52.6 Å². The molecule has 0 saturated heterocycles. The third-order valence-corrected chi connectivity index (χ3v) is 10.4. The van der Waals surface area contributed by atoms with Gasteiger partial charge >= 0.3 is 11.9 Å². The number of carbonyl (C=O) groups excluding carboxylic acids is 2. The summed E-state index contributed by atoms with van der Waals surface area (Å²) in [6.45, 7) is 0.955. The van der Waals surface area contributed by atoms with Crippen molar-refractivity contribution in [1.82, 2.24) is 0 Å². The summed E-state index contributed by atoms with van der Waals surface area (Å²) >= 11 is 0. The van der Waals surface area contributed by atoms with Gasteiger partial charge in [0.2, 0.25) is 0 Å². The maximum absolute atomic E-state index is 12.2. The van der Waals surface area contributed by atoms with E-state index in [4.69, 9.17) is 9.47 Å². The summed E-state index contributed by atoms with van der Waals surface area (Å²) < 4.78 is 11.0. The van der Waals surface area contributed by atoms with Crippen LogP contribution in [0, 0.1) is 46.3 Å². The normalized spacial score (nSPS) is 46.3. The van der Waals surface area contributed by atoms with Gasteiger partial charge in [0.05, 0.1) is 13.2 Å². The van der Waals surface area contributed by atoms with E-state index in [0.29, 0.717) is 24.0 Å². The smallest absolute Gasteiger partial charge is 0.317 e. The van der Waals surface area contributed by atoms with E-state index < -0.39 is 11.9 Å². The maximum atomic E-state index is 12.2. The van der Waals surface area contributed by atoms with E-state index in [-0.39, 0.29) is 6.42 Å². The van der Waals surface area contributed by atoms with Gasteiger partial charge in [0.25, 0.3) is 0 Å². The van der Waals surface area contributed by atoms with Crippen molar-refractivity contribution in [3.63, 3.8) is 0 Å². The fourth-order valence-corrected chi connectivity index (χ4v) is 10.2. The van der Waals surface area contributed by atoms with Gasteiger partial charge in [0.1, 0.15) is 6.42 Å². The van der Waals surface area contributed by atoms with Gasteiger partial charge in [-0.2, -0.15) is 0 Å². The van der Waals surface area contributed by atoms with E-state index in [1.807, 2.05) is 0 Å². The molecular formula is C27H40O4. The van der Waals surface area contributed by atoms with Crippen LogP contribution in [0.15, 0.2) is 0 Å². The lowest BCUT2D eigenvalue weighted by atomic mass is 9.49. The molecule has 0 heterocycles. The molecule has 4 nitrogen and oxygen atoms in total. The van der Waals surface area contributed by atoms with Crippen molar-refractivity contribution in [3.8, 4) is 0 Å². The molecule has 4 heteroatoms. The molecule has 8 bridgehead atoms. The zero-order chi connectivity index (χ0) is 21.1. The van der Waals surface area contributed by atoms with Crippen LogP contribution in [-0.4, -0.2) is 25.2 Å². The second kappa shape index (κ2) is 7.76. The standard InChI is InChI=1S/C27H40O4/c28-24(30-3-1-26-12-18-5-19(13-26)7-20(6-18)14-26)11-25(29)31-4-2-27-15-21-8-22(16-27)10-23(9-21)17-27/h18-23H,1-17H2. The fraction of sp³-hybridized carbons (Fsp3) is 0.926. The molecule has 0 aromatic carbocycles. The van der Waals surface area contributed by atoms with E-state index in [1.165, 1.54) is 77.0 Å². The lowest BCUT2D eigenvalue weighted by molar-refractivity contribution is -0.156. The van der Waals surface area contributed by atoms with E-state index >= 15 is 0 Å². The lowest BCUT2D eigenvalue weighted by Gasteiger charge is -2.57. The summed E-state index contributed by atoms with van der Waals surface area (Å²) in [6.07, 6.45) is 18.4. The number of hydrogen-bond donors (Lipinski definition) is 0. The second-order valence-electron chi connectivity index (χ2n) is 13.0. The Balaban J connectivity index is 0.905. The van der Waals surface area contributed by atoms with Crippen LogP contribution in [0.5, 0.6) is 0 Å². The Morgan fingerprint density at radius 3 is 1.13 bits per heavy atom. The number of ether oxygens (including phenoxy) is 2. The largest absolute Gasteiger partial charge is 0.465 e. The molecule has 0 N–H and O–H groups in total. The summed E-state index contributed by atoms with van der Waals surface area (Å²) in [4.78, 5) is 24.4. The van der Waals surface area contributed by atoms with Crippen LogP contribution < -0.4 is 0 Å². The van der Waals surface area contributed by atoms with Gasteiger partial charge in [-0.15, -0.1) is 0 Å². The molecule has 0 unspecified atom stereocenters. The molecule has 31 heavy (non-hydrogen) atoms. The van der Waals surface area contributed by atoms with E-state index in [1.54, 1.807) is 0 Å². The molecule has 0 aromatic rings. The minimum Gasteiger partial charge on any atom is -0.465 e. The molecule has 0 atom stereocenters. The zero-order valence-electron chi connectivity index (χ0n) is 19.1. The molecular weight excluding hydrogens is 388 g/mol. The first kappa shape index (κ1) is 20.5. The van der Waals surface area contributed by atoms with Gasteiger partial charge in [0.15, 0.2) is 0 Å². The highest BCUT2D eigenvalue weighted by atomic mass is 16.6. The third kappa shape index (κ3) is 4.17. The molecule has 8 fully saturated rings. The lowest BCUT2D eigenvalue weighted by Crippen LogP contribution is -2.46. The van der Waals surface area contributed by atoms with Crippen molar-refractivity contribution in [3.05, 3.63) is 0 Å². The second-order valence-corrected chi connectivity index (χ2v) is 13.0. The highest BCUT2D eigenvalue weighted by Crippen LogP contribution is 2.62. The summed E-state index contributed by atoms with van der Waals surface area (Å²) in [6, 6.07) is 0. The number of rotatable bonds is 8. The van der Waals surface area contributed by atoms with Crippen LogP contribution in [0.4, 0.5) is 0 Å². The molecule has 0 spiro atoms. The van der Waals surface area contributed by atoms with Crippen LogP contribution in [0.1, 0.15) is 96.3 Å². The van der Waals surface area contributed by atoms with Gasteiger partial charge in [-0.1, -0.05) is 0 Å². The molecule has 172 valence electrons. The number of carbonyl (C=O) groups is 2. The predicted octanol–water partition coefficient (Wildman–Crippen LogP) is 5.68. The summed E-state index contributed by atoms with van der Waals surface area (Å²) in [5.41, 5.74) is 0.848. The Morgan fingerprint density at radius 2 is 0.839 bits per heavy atom. The van der Waals surface area contributed by atoms with Crippen molar-refractivity contribution in [2.45, 2.75) is 96.3 Å². The van der Waals surface area contributed by atoms with E-state index in [2.05, 4.69) is 0 Å². The molecule has 8 saturated carbocycles. The Labute approximate surface area is 187 Å². The Hall–Kier alpha value is -1.06. The quantitative estimate of drug-likeness (QED) is 0.369. The molecule has 8 rings (SSSR count). The van der Waals surface area contributed by atoms with Crippen LogP contribution in [-0.2, 0) is 19.1 Å². The fourth-order valence-electron chi connectivity index (χ4n) is 10.2. The molecule has 8 aliphatic rings. The van der Waals surface area contributed by atoms with Gasteiger partial charge < -0.3 is 9.47 Å². The van der Waals surface area contributed by atoms with Crippen molar-refractivity contribution in [2.75, 3.05) is 13.2 Å². The first-order valence-electron chi connectivity index (χ1n) is 13.3. The average molecular weight is 429 g/mol. The first-order valence-corrected chi connectivity index (χ1v) is 13.3. The number of esters is 2. The highest BCUT2D eigenvalue weighted by Gasteiger charge is 2.51.